The van der Waals surface area contributed by atoms with Crippen LogP contribution in [0, 0.1) is 5.95 Å². The van der Waals surface area contributed by atoms with Crippen molar-refractivity contribution in [1.29, 1.82) is 0 Å². The highest BCUT2D eigenvalue weighted by Gasteiger charge is 2.16. The summed E-state index contributed by atoms with van der Waals surface area (Å²) in [5.41, 5.74) is 4.85. The second kappa shape index (κ2) is 6.00. The van der Waals surface area contributed by atoms with Crippen molar-refractivity contribution in [1.82, 2.24) is 9.97 Å². The first-order chi connectivity index (χ1) is 10.3. The van der Waals surface area contributed by atoms with Crippen molar-refractivity contribution >= 4 is 11.1 Å². The molecule has 0 amide bonds. The van der Waals surface area contributed by atoms with E-state index in [4.69, 9.17) is 0 Å². The zero-order chi connectivity index (χ0) is 14.7. The standard InChI is InChI=1S/C18H17FN2/c1-2-14-12-13(9-11-20-14)15-6-3-4-7-16(15)17-8-5-10-21-18(17)19/h4-5,7-12H,2-3,6H2,1H3. The molecule has 2 nitrogen and oxygen atoms in total. The number of aromatic nitrogens is 2. The summed E-state index contributed by atoms with van der Waals surface area (Å²) in [6, 6.07) is 7.66. The van der Waals surface area contributed by atoms with E-state index in [9.17, 15) is 4.39 Å². The minimum atomic E-state index is -0.415. The van der Waals surface area contributed by atoms with Crippen molar-refractivity contribution in [2.45, 2.75) is 26.2 Å². The van der Waals surface area contributed by atoms with Crippen LogP contribution in [-0.2, 0) is 6.42 Å². The van der Waals surface area contributed by atoms with Crippen LogP contribution in [0.2, 0.25) is 0 Å². The number of hydrogen-bond acceptors (Lipinski definition) is 2. The Bertz CT molecular complexity index is 717. The molecule has 106 valence electrons. The molecule has 0 radical (unpaired) electrons. The van der Waals surface area contributed by atoms with Crippen molar-refractivity contribution in [3.05, 3.63) is 71.6 Å². The Balaban J connectivity index is 2.16. The van der Waals surface area contributed by atoms with Gasteiger partial charge in [-0.2, -0.15) is 4.39 Å². The largest absolute Gasteiger partial charge is 0.261 e. The average molecular weight is 280 g/mol. The van der Waals surface area contributed by atoms with E-state index in [1.54, 1.807) is 12.1 Å². The highest BCUT2D eigenvalue weighted by atomic mass is 19.1. The number of aryl methyl sites for hydroxylation is 1. The normalized spacial score (nSPS) is 14.6. The Hall–Kier alpha value is -2.29. The summed E-state index contributed by atoms with van der Waals surface area (Å²) < 4.78 is 14.0. The first-order valence-electron chi connectivity index (χ1n) is 7.25. The number of halogens is 1. The molecular formula is C18H17FN2. The van der Waals surface area contributed by atoms with Crippen molar-refractivity contribution in [2.75, 3.05) is 0 Å². The predicted octanol–water partition coefficient (Wildman–Crippen LogP) is 4.44. The van der Waals surface area contributed by atoms with Crippen LogP contribution in [0.15, 0.2) is 48.8 Å². The molecule has 0 aromatic carbocycles. The van der Waals surface area contributed by atoms with E-state index in [2.05, 4.69) is 29.0 Å². The van der Waals surface area contributed by atoms with E-state index in [0.29, 0.717) is 5.56 Å². The lowest BCUT2D eigenvalue weighted by Crippen LogP contribution is -1.99. The van der Waals surface area contributed by atoms with Crippen LogP contribution in [0.1, 0.15) is 36.6 Å². The molecule has 0 fully saturated rings. The Morgan fingerprint density at radius 1 is 1.19 bits per heavy atom. The highest BCUT2D eigenvalue weighted by molar-refractivity contribution is 5.96. The van der Waals surface area contributed by atoms with Crippen LogP contribution in [0.4, 0.5) is 4.39 Å². The summed E-state index contributed by atoms with van der Waals surface area (Å²) >= 11 is 0. The van der Waals surface area contributed by atoms with Gasteiger partial charge in [0.2, 0.25) is 5.95 Å². The predicted molar refractivity (Wildman–Crippen MR) is 83.0 cm³/mol. The van der Waals surface area contributed by atoms with Gasteiger partial charge in [-0.3, -0.25) is 4.98 Å². The molecule has 3 rings (SSSR count). The maximum atomic E-state index is 14.0. The molecule has 0 saturated carbocycles. The van der Waals surface area contributed by atoms with Gasteiger partial charge >= 0.3 is 0 Å². The maximum absolute atomic E-state index is 14.0. The fraction of sp³-hybridized carbons (Fsp3) is 0.222. The maximum Gasteiger partial charge on any atom is 0.220 e. The van der Waals surface area contributed by atoms with E-state index in [1.807, 2.05) is 18.3 Å². The van der Waals surface area contributed by atoms with Crippen LogP contribution < -0.4 is 0 Å². The number of pyridine rings is 2. The number of hydrogen-bond donors (Lipinski definition) is 0. The molecule has 0 saturated heterocycles. The molecule has 0 N–H and O–H groups in total. The summed E-state index contributed by atoms with van der Waals surface area (Å²) in [6.07, 6.45) is 10.2. The van der Waals surface area contributed by atoms with Crippen LogP contribution in [0.25, 0.3) is 11.1 Å². The third kappa shape index (κ3) is 2.77. The van der Waals surface area contributed by atoms with E-state index < -0.39 is 5.95 Å². The first kappa shape index (κ1) is 13.7. The van der Waals surface area contributed by atoms with Crippen molar-refractivity contribution in [2.24, 2.45) is 0 Å². The van der Waals surface area contributed by atoms with E-state index >= 15 is 0 Å². The zero-order valence-electron chi connectivity index (χ0n) is 12.0. The van der Waals surface area contributed by atoms with E-state index in [-0.39, 0.29) is 0 Å². The van der Waals surface area contributed by atoms with Gasteiger partial charge in [0.1, 0.15) is 0 Å². The highest BCUT2D eigenvalue weighted by Crippen LogP contribution is 2.35. The van der Waals surface area contributed by atoms with Gasteiger partial charge < -0.3 is 0 Å². The minimum absolute atomic E-state index is 0.415. The molecule has 0 atom stereocenters. The summed E-state index contributed by atoms with van der Waals surface area (Å²) in [6.45, 7) is 2.09. The van der Waals surface area contributed by atoms with Crippen molar-refractivity contribution < 1.29 is 4.39 Å². The molecule has 21 heavy (non-hydrogen) atoms. The second-order valence-electron chi connectivity index (χ2n) is 5.06. The quantitative estimate of drug-likeness (QED) is 0.777. The Kier molecular flexibility index (Phi) is 3.91. The molecule has 0 aliphatic heterocycles. The number of allylic oxidation sites excluding steroid dienone is 4. The van der Waals surface area contributed by atoms with Crippen LogP contribution in [0.5, 0.6) is 0 Å². The molecule has 0 unspecified atom stereocenters. The first-order valence-corrected chi connectivity index (χ1v) is 7.25. The summed E-state index contributed by atoms with van der Waals surface area (Å²) in [5.74, 6) is -0.415. The molecule has 1 aliphatic rings. The Morgan fingerprint density at radius 3 is 2.90 bits per heavy atom. The second-order valence-corrected chi connectivity index (χ2v) is 5.06. The fourth-order valence-electron chi connectivity index (χ4n) is 2.66. The van der Waals surface area contributed by atoms with Gasteiger partial charge in [-0.05, 0) is 60.2 Å². The SMILES string of the molecule is CCc1cc(C2=C(c3cccnc3F)C=CCC2)ccn1. The number of rotatable bonds is 3. The van der Waals surface area contributed by atoms with Gasteiger partial charge in [-0.15, -0.1) is 0 Å². The summed E-state index contributed by atoms with van der Waals surface area (Å²) in [5, 5.41) is 0. The van der Waals surface area contributed by atoms with Gasteiger partial charge in [0.15, 0.2) is 0 Å². The smallest absolute Gasteiger partial charge is 0.220 e. The van der Waals surface area contributed by atoms with Gasteiger partial charge in [0, 0.05) is 23.7 Å². The van der Waals surface area contributed by atoms with E-state index in [1.165, 1.54) is 11.8 Å². The van der Waals surface area contributed by atoms with E-state index in [0.717, 1.165) is 36.1 Å². The Labute approximate surface area is 124 Å². The lowest BCUT2D eigenvalue weighted by atomic mass is 9.88. The monoisotopic (exact) mass is 280 g/mol. The average Bonchev–Trinajstić information content (AvgIpc) is 2.55. The van der Waals surface area contributed by atoms with Crippen molar-refractivity contribution in [3.8, 4) is 0 Å². The molecule has 0 spiro atoms. The topological polar surface area (TPSA) is 25.8 Å². The van der Waals surface area contributed by atoms with Gasteiger partial charge in [-0.1, -0.05) is 19.1 Å². The van der Waals surface area contributed by atoms with Gasteiger partial charge in [-0.25, -0.2) is 4.98 Å². The molecular weight excluding hydrogens is 263 g/mol. The molecule has 2 aromatic heterocycles. The summed E-state index contributed by atoms with van der Waals surface area (Å²) in [7, 11) is 0. The van der Waals surface area contributed by atoms with Crippen LogP contribution in [0.3, 0.4) is 0 Å². The van der Waals surface area contributed by atoms with Gasteiger partial charge in [0.25, 0.3) is 0 Å². The van der Waals surface area contributed by atoms with Gasteiger partial charge in [0.05, 0.1) is 0 Å². The molecule has 0 bridgehead atoms. The lowest BCUT2D eigenvalue weighted by Gasteiger charge is -2.17. The minimum Gasteiger partial charge on any atom is -0.261 e. The van der Waals surface area contributed by atoms with Crippen LogP contribution >= 0.6 is 0 Å². The summed E-state index contributed by atoms with van der Waals surface area (Å²) in [4.78, 5) is 8.11. The molecule has 1 aliphatic carbocycles. The lowest BCUT2D eigenvalue weighted by molar-refractivity contribution is 0.580. The fourth-order valence-corrected chi connectivity index (χ4v) is 2.66. The molecule has 2 aromatic rings. The molecule has 3 heteroatoms. The zero-order valence-corrected chi connectivity index (χ0v) is 12.0. The third-order valence-corrected chi connectivity index (χ3v) is 3.75. The van der Waals surface area contributed by atoms with Crippen molar-refractivity contribution in [3.63, 3.8) is 0 Å². The number of nitrogens with zero attached hydrogens (tertiary/aromatic N) is 2. The third-order valence-electron chi connectivity index (χ3n) is 3.75. The molecule has 2 heterocycles. The Morgan fingerprint density at radius 2 is 2.10 bits per heavy atom. The van der Waals surface area contributed by atoms with Crippen LogP contribution in [-0.4, -0.2) is 9.97 Å².